The van der Waals surface area contributed by atoms with Gasteiger partial charge in [-0.05, 0) is 33.1 Å². The maximum Gasteiger partial charge on any atom is 0.305 e. The summed E-state index contributed by atoms with van der Waals surface area (Å²) in [5.74, 6) is 0.836. The second kappa shape index (κ2) is 18.5. The standard InChI is InChI=1S/C16H33N3O2.HI/c1-4-7-13-18-16(17-5-2)19-14-11-9-8-10-12-15(20)21-6-3;/h4-14H2,1-3H3,(H2,17,18,19);1H. The van der Waals surface area contributed by atoms with Crippen LogP contribution in [-0.2, 0) is 9.53 Å². The summed E-state index contributed by atoms with van der Waals surface area (Å²) in [6.07, 6.45) is 7.04. The Morgan fingerprint density at radius 3 is 2.36 bits per heavy atom. The van der Waals surface area contributed by atoms with Gasteiger partial charge in [0.1, 0.15) is 0 Å². The second-order valence-corrected chi connectivity index (χ2v) is 5.01. The van der Waals surface area contributed by atoms with Crippen LogP contribution < -0.4 is 10.6 Å². The Labute approximate surface area is 153 Å². The number of ether oxygens (including phenoxy) is 1. The summed E-state index contributed by atoms with van der Waals surface area (Å²) < 4.78 is 4.90. The highest BCUT2D eigenvalue weighted by Gasteiger charge is 2.00. The number of unbranched alkanes of at least 4 members (excludes halogenated alkanes) is 4. The lowest BCUT2D eigenvalue weighted by Crippen LogP contribution is -2.37. The van der Waals surface area contributed by atoms with Gasteiger partial charge >= 0.3 is 5.97 Å². The molecule has 0 heterocycles. The predicted octanol–water partition coefficient (Wildman–Crippen LogP) is 3.47. The summed E-state index contributed by atoms with van der Waals surface area (Å²) in [4.78, 5) is 15.7. The van der Waals surface area contributed by atoms with Gasteiger partial charge in [0.05, 0.1) is 6.61 Å². The molecule has 0 radical (unpaired) electrons. The number of hydrogen-bond acceptors (Lipinski definition) is 3. The monoisotopic (exact) mass is 427 g/mol. The van der Waals surface area contributed by atoms with Gasteiger partial charge in [-0.3, -0.25) is 9.79 Å². The number of hydrogen-bond donors (Lipinski definition) is 2. The quantitative estimate of drug-likeness (QED) is 0.165. The smallest absolute Gasteiger partial charge is 0.305 e. The maximum absolute atomic E-state index is 11.2. The molecule has 22 heavy (non-hydrogen) atoms. The Morgan fingerprint density at radius 1 is 1.00 bits per heavy atom. The van der Waals surface area contributed by atoms with Gasteiger partial charge in [0, 0.05) is 26.1 Å². The normalized spacial score (nSPS) is 10.8. The van der Waals surface area contributed by atoms with Crippen LogP contribution in [0.25, 0.3) is 0 Å². The Kier molecular flexibility index (Phi) is 20.0. The van der Waals surface area contributed by atoms with Crippen molar-refractivity contribution in [1.29, 1.82) is 0 Å². The topological polar surface area (TPSA) is 62.7 Å². The van der Waals surface area contributed by atoms with Gasteiger partial charge in [0.2, 0.25) is 0 Å². The average Bonchev–Trinajstić information content (AvgIpc) is 2.46. The van der Waals surface area contributed by atoms with Crippen LogP contribution in [0.3, 0.4) is 0 Å². The lowest BCUT2D eigenvalue weighted by Gasteiger charge is -2.10. The van der Waals surface area contributed by atoms with E-state index >= 15 is 0 Å². The number of esters is 1. The third-order valence-electron chi connectivity index (χ3n) is 3.03. The van der Waals surface area contributed by atoms with E-state index < -0.39 is 0 Å². The summed E-state index contributed by atoms with van der Waals surface area (Å²) >= 11 is 0. The lowest BCUT2D eigenvalue weighted by atomic mass is 10.1. The molecule has 0 amide bonds. The molecular weight excluding hydrogens is 393 g/mol. The van der Waals surface area contributed by atoms with Crippen molar-refractivity contribution in [2.24, 2.45) is 4.99 Å². The molecule has 0 saturated carbocycles. The van der Waals surface area contributed by atoms with E-state index in [1.54, 1.807) is 0 Å². The number of guanidine groups is 1. The number of nitrogens with one attached hydrogen (secondary N) is 2. The molecule has 0 rings (SSSR count). The van der Waals surface area contributed by atoms with Crippen molar-refractivity contribution in [1.82, 2.24) is 10.6 Å². The third-order valence-corrected chi connectivity index (χ3v) is 3.03. The molecule has 0 fully saturated rings. The van der Waals surface area contributed by atoms with Gasteiger partial charge in [-0.25, -0.2) is 0 Å². The first-order chi connectivity index (χ1) is 10.2. The van der Waals surface area contributed by atoms with Crippen molar-refractivity contribution in [3.8, 4) is 0 Å². The number of carbonyl (C=O) groups is 1. The lowest BCUT2D eigenvalue weighted by molar-refractivity contribution is -0.143. The highest BCUT2D eigenvalue weighted by molar-refractivity contribution is 14.0. The van der Waals surface area contributed by atoms with Crippen LogP contribution in [0.2, 0.25) is 0 Å². The molecule has 5 nitrogen and oxygen atoms in total. The van der Waals surface area contributed by atoms with Crippen molar-refractivity contribution in [3.63, 3.8) is 0 Å². The Balaban J connectivity index is 0. The molecule has 0 aliphatic rings. The summed E-state index contributed by atoms with van der Waals surface area (Å²) in [5, 5.41) is 6.58. The molecule has 0 atom stereocenters. The van der Waals surface area contributed by atoms with Gasteiger partial charge in [0.25, 0.3) is 0 Å². The fraction of sp³-hybridized carbons (Fsp3) is 0.875. The average molecular weight is 427 g/mol. The van der Waals surface area contributed by atoms with Gasteiger partial charge < -0.3 is 15.4 Å². The Bertz CT molecular complexity index is 287. The molecule has 0 aromatic rings. The van der Waals surface area contributed by atoms with Crippen LogP contribution in [0.1, 0.15) is 65.7 Å². The van der Waals surface area contributed by atoms with Crippen LogP contribution in [0.5, 0.6) is 0 Å². The van der Waals surface area contributed by atoms with Gasteiger partial charge in [-0.15, -0.1) is 24.0 Å². The van der Waals surface area contributed by atoms with Crippen LogP contribution in [-0.4, -0.2) is 38.2 Å². The Morgan fingerprint density at radius 2 is 1.73 bits per heavy atom. The van der Waals surface area contributed by atoms with E-state index in [-0.39, 0.29) is 29.9 Å². The fourth-order valence-electron chi connectivity index (χ4n) is 1.88. The highest BCUT2D eigenvalue weighted by Crippen LogP contribution is 2.04. The van der Waals surface area contributed by atoms with E-state index in [2.05, 4.69) is 29.5 Å². The number of carbonyl (C=O) groups excluding carboxylic acids is 1. The molecule has 0 aliphatic carbocycles. The zero-order chi connectivity index (χ0) is 15.8. The summed E-state index contributed by atoms with van der Waals surface area (Å²) in [7, 11) is 0. The number of aliphatic imine (C=N–C) groups is 1. The second-order valence-electron chi connectivity index (χ2n) is 5.01. The molecule has 0 aromatic carbocycles. The van der Waals surface area contributed by atoms with Crippen molar-refractivity contribution in [2.45, 2.75) is 65.7 Å². The molecule has 2 N–H and O–H groups in total. The zero-order valence-corrected chi connectivity index (χ0v) is 16.8. The Hall–Kier alpha value is -0.530. The molecule has 0 aromatic heterocycles. The van der Waals surface area contributed by atoms with Crippen LogP contribution >= 0.6 is 24.0 Å². The number of nitrogens with zero attached hydrogens (tertiary/aromatic N) is 1. The molecule has 0 saturated heterocycles. The minimum absolute atomic E-state index is 0. The van der Waals surface area contributed by atoms with Gasteiger partial charge in [0.15, 0.2) is 5.96 Å². The summed E-state index contributed by atoms with van der Waals surface area (Å²) in [5.41, 5.74) is 0. The third kappa shape index (κ3) is 15.9. The first kappa shape index (κ1) is 23.7. The summed E-state index contributed by atoms with van der Waals surface area (Å²) in [6.45, 7) is 9.27. The van der Waals surface area contributed by atoms with Gasteiger partial charge in [-0.1, -0.05) is 26.2 Å². The zero-order valence-electron chi connectivity index (χ0n) is 14.5. The van der Waals surface area contributed by atoms with Crippen LogP contribution in [0.15, 0.2) is 4.99 Å². The highest BCUT2D eigenvalue weighted by atomic mass is 127. The minimum atomic E-state index is -0.0786. The van der Waals surface area contributed by atoms with Crippen molar-refractivity contribution >= 4 is 35.9 Å². The molecule has 6 heteroatoms. The van der Waals surface area contributed by atoms with Crippen LogP contribution in [0.4, 0.5) is 0 Å². The van der Waals surface area contributed by atoms with Crippen molar-refractivity contribution in [2.75, 3.05) is 26.2 Å². The van der Waals surface area contributed by atoms with Crippen molar-refractivity contribution in [3.05, 3.63) is 0 Å². The van der Waals surface area contributed by atoms with E-state index in [1.807, 2.05) is 6.92 Å². The maximum atomic E-state index is 11.2. The largest absolute Gasteiger partial charge is 0.466 e. The van der Waals surface area contributed by atoms with Crippen LogP contribution in [0, 0.1) is 0 Å². The van der Waals surface area contributed by atoms with E-state index in [1.165, 1.54) is 6.42 Å². The van der Waals surface area contributed by atoms with Crippen molar-refractivity contribution < 1.29 is 9.53 Å². The molecule has 0 aliphatic heterocycles. The predicted molar refractivity (Wildman–Crippen MR) is 104 cm³/mol. The number of halogens is 1. The molecule has 0 bridgehead atoms. The number of rotatable bonds is 12. The molecule has 132 valence electrons. The molecule has 0 spiro atoms. The van der Waals surface area contributed by atoms with E-state index in [0.717, 1.165) is 57.7 Å². The SMILES string of the molecule is CCCCNC(=NCCCCCCC(=O)OCC)NCC.I. The fourth-order valence-corrected chi connectivity index (χ4v) is 1.88. The minimum Gasteiger partial charge on any atom is -0.466 e. The molecule has 0 unspecified atom stereocenters. The molecular formula is C16H34IN3O2. The van der Waals surface area contributed by atoms with E-state index in [0.29, 0.717) is 13.0 Å². The van der Waals surface area contributed by atoms with Gasteiger partial charge in [-0.2, -0.15) is 0 Å². The van der Waals surface area contributed by atoms with E-state index in [4.69, 9.17) is 4.74 Å². The first-order valence-corrected chi connectivity index (χ1v) is 8.42. The first-order valence-electron chi connectivity index (χ1n) is 8.42. The summed E-state index contributed by atoms with van der Waals surface area (Å²) in [6, 6.07) is 0. The van der Waals surface area contributed by atoms with E-state index in [9.17, 15) is 4.79 Å².